The van der Waals surface area contributed by atoms with E-state index in [1.54, 1.807) is 13.2 Å². The maximum absolute atomic E-state index is 13.6. The Kier molecular flexibility index (Phi) is 6.22. The third-order valence-electron chi connectivity index (χ3n) is 3.07. The zero-order valence-corrected chi connectivity index (χ0v) is 11.2. The molecule has 0 heterocycles. The van der Waals surface area contributed by atoms with Crippen LogP contribution in [0.2, 0.25) is 0 Å². The van der Waals surface area contributed by atoms with E-state index in [0.717, 1.165) is 19.0 Å². The molecule has 1 aromatic carbocycles. The van der Waals surface area contributed by atoms with E-state index in [2.05, 4.69) is 12.2 Å². The Morgan fingerprint density at radius 1 is 1.33 bits per heavy atom. The number of hydrogen-bond donors (Lipinski definition) is 1. The molecule has 102 valence electrons. The average molecular weight is 257 g/mol. The van der Waals surface area contributed by atoms with Gasteiger partial charge < -0.3 is 10.1 Å². The molecular weight excluding hydrogens is 236 g/mol. The van der Waals surface area contributed by atoms with Crippen molar-refractivity contribution < 1.29 is 13.5 Å². The van der Waals surface area contributed by atoms with Gasteiger partial charge in [-0.05, 0) is 37.9 Å². The van der Waals surface area contributed by atoms with Crippen LogP contribution in [0.25, 0.3) is 0 Å². The molecule has 2 unspecified atom stereocenters. The van der Waals surface area contributed by atoms with E-state index < -0.39 is 11.6 Å². The highest BCUT2D eigenvalue weighted by Gasteiger charge is 2.19. The SMILES string of the molecule is CCCNC(Cc1cccc(F)c1F)C(C)OC. The lowest BCUT2D eigenvalue weighted by Gasteiger charge is -2.24. The Morgan fingerprint density at radius 3 is 2.67 bits per heavy atom. The Bertz CT molecular complexity index is 371. The molecular formula is C14H21F2NO. The van der Waals surface area contributed by atoms with Crippen LogP contribution in [-0.4, -0.2) is 25.8 Å². The van der Waals surface area contributed by atoms with Crippen molar-refractivity contribution in [2.75, 3.05) is 13.7 Å². The minimum Gasteiger partial charge on any atom is -0.380 e. The first-order valence-corrected chi connectivity index (χ1v) is 6.29. The van der Waals surface area contributed by atoms with E-state index in [1.165, 1.54) is 6.07 Å². The summed E-state index contributed by atoms with van der Waals surface area (Å²) in [5.41, 5.74) is 0.382. The first kappa shape index (κ1) is 15.1. The number of ether oxygens (including phenoxy) is 1. The molecule has 4 heteroatoms. The first-order valence-electron chi connectivity index (χ1n) is 6.29. The summed E-state index contributed by atoms with van der Waals surface area (Å²) < 4.78 is 32.0. The Labute approximate surface area is 107 Å². The van der Waals surface area contributed by atoms with Crippen LogP contribution < -0.4 is 5.32 Å². The Balaban J connectivity index is 2.78. The summed E-state index contributed by atoms with van der Waals surface area (Å²) in [7, 11) is 1.62. The second kappa shape index (κ2) is 7.44. The predicted octanol–water partition coefficient (Wildman–Crippen LogP) is 2.91. The van der Waals surface area contributed by atoms with Crippen LogP contribution in [0.5, 0.6) is 0 Å². The van der Waals surface area contributed by atoms with Gasteiger partial charge in [-0.15, -0.1) is 0 Å². The summed E-state index contributed by atoms with van der Waals surface area (Å²) in [6, 6.07) is 4.25. The van der Waals surface area contributed by atoms with E-state index in [1.807, 2.05) is 6.92 Å². The Morgan fingerprint density at radius 2 is 2.06 bits per heavy atom. The lowest BCUT2D eigenvalue weighted by atomic mass is 10.0. The maximum atomic E-state index is 13.6. The monoisotopic (exact) mass is 257 g/mol. The third kappa shape index (κ3) is 4.03. The summed E-state index contributed by atoms with van der Waals surface area (Å²) in [5, 5.41) is 3.30. The topological polar surface area (TPSA) is 21.3 Å². The second-order valence-corrected chi connectivity index (χ2v) is 4.42. The van der Waals surface area contributed by atoms with Crippen LogP contribution in [0.15, 0.2) is 18.2 Å². The number of methoxy groups -OCH3 is 1. The van der Waals surface area contributed by atoms with E-state index in [-0.39, 0.29) is 12.1 Å². The van der Waals surface area contributed by atoms with Crippen molar-refractivity contribution in [3.05, 3.63) is 35.4 Å². The molecule has 0 aliphatic rings. The highest BCUT2D eigenvalue weighted by atomic mass is 19.2. The molecule has 1 rings (SSSR count). The number of rotatable bonds is 7. The van der Waals surface area contributed by atoms with Crippen LogP contribution in [0.3, 0.4) is 0 Å². The van der Waals surface area contributed by atoms with Crippen LogP contribution in [0, 0.1) is 11.6 Å². The van der Waals surface area contributed by atoms with Crippen LogP contribution in [0.1, 0.15) is 25.8 Å². The molecule has 0 saturated heterocycles. The predicted molar refractivity (Wildman–Crippen MR) is 68.6 cm³/mol. The summed E-state index contributed by atoms with van der Waals surface area (Å²) >= 11 is 0. The molecule has 0 saturated carbocycles. The van der Waals surface area contributed by atoms with Gasteiger partial charge in [0.1, 0.15) is 0 Å². The molecule has 1 aromatic rings. The molecule has 2 nitrogen and oxygen atoms in total. The number of benzene rings is 1. The smallest absolute Gasteiger partial charge is 0.162 e. The van der Waals surface area contributed by atoms with Crippen molar-refractivity contribution in [1.82, 2.24) is 5.32 Å². The molecule has 1 N–H and O–H groups in total. The molecule has 0 amide bonds. The van der Waals surface area contributed by atoms with Crippen molar-refractivity contribution in [2.24, 2.45) is 0 Å². The Hall–Kier alpha value is -1.00. The number of halogens is 2. The largest absolute Gasteiger partial charge is 0.380 e. The zero-order chi connectivity index (χ0) is 13.5. The van der Waals surface area contributed by atoms with Gasteiger partial charge in [0.2, 0.25) is 0 Å². The molecule has 0 aliphatic heterocycles. The van der Waals surface area contributed by atoms with Gasteiger partial charge >= 0.3 is 0 Å². The maximum Gasteiger partial charge on any atom is 0.162 e. The van der Waals surface area contributed by atoms with Gasteiger partial charge in [-0.3, -0.25) is 0 Å². The van der Waals surface area contributed by atoms with E-state index in [4.69, 9.17) is 4.74 Å². The van der Waals surface area contributed by atoms with Gasteiger partial charge in [-0.1, -0.05) is 19.1 Å². The highest BCUT2D eigenvalue weighted by molar-refractivity contribution is 5.20. The number of nitrogens with one attached hydrogen (secondary N) is 1. The van der Waals surface area contributed by atoms with Gasteiger partial charge in [-0.2, -0.15) is 0 Å². The van der Waals surface area contributed by atoms with E-state index >= 15 is 0 Å². The third-order valence-corrected chi connectivity index (χ3v) is 3.07. The molecule has 18 heavy (non-hydrogen) atoms. The molecule has 0 bridgehead atoms. The standard InChI is InChI=1S/C14H21F2NO/c1-4-8-17-13(10(2)18-3)9-11-6-5-7-12(15)14(11)16/h5-7,10,13,17H,4,8-9H2,1-3H3. The quantitative estimate of drug-likeness (QED) is 0.811. The van der Waals surface area contributed by atoms with Gasteiger partial charge in [0.25, 0.3) is 0 Å². The minimum absolute atomic E-state index is 0.0220. The first-order chi connectivity index (χ1) is 8.60. The summed E-state index contributed by atoms with van der Waals surface area (Å²) in [6.45, 7) is 4.81. The van der Waals surface area contributed by atoms with E-state index in [9.17, 15) is 8.78 Å². The lowest BCUT2D eigenvalue weighted by molar-refractivity contribution is 0.0827. The number of hydrogen-bond acceptors (Lipinski definition) is 2. The van der Waals surface area contributed by atoms with Crippen LogP contribution >= 0.6 is 0 Å². The molecule has 2 atom stereocenters. The van der Waals surface area contributed by atoms with Gasteiger partial charge in [-0.25, -0.2) is 8.78 Å². The summed E-state index contributed by atoms with van der Waals surface area (Å²) in [4.78, 5) is 0. The van der Waals surface area contributed by atoms with Crippen LogP contribution in [0.4, 0.5) is 8.78 Å². The average Bonchev–Trinajstić information content (AvgIpc) is 2.38. The zero-order valence-electron chi connectivity index (χ0n) is 11.2. The highest BCUT2D eigenvalue weighted by Crippen LogP contribution is 2.15. The fourth-order valence-electron chi connectivity index (χ4n) is 1.84. The van der Waals surface area contributed by atoms with Gasteiger partial charge in [0.15, 0.2) is 11.6 Å². The molecule has 0 aliphatic carbocycles. The second-order valence-electron chi connectivity index (χ2n) is 4.42. The molecule has 0 radical (unpaired) electrons. The molecule has 0 aromatic heterocycles. The summed E-state index contributed by atoms with van der Waals surface area (Å²) in [6.07, 6.45) is 1.34. The lowest BCUT2D eigenvalue weighted by Crippen LogP contribution is -2.41. The van der Waals surface area contributed by atoms with E-state index in [0.29, 0.717) is 12.0 Å². The fraction of sp³-hybridized carbons (Fsp3) is 0.571. The normalized spacial score (nSPS) is 14.5. The van der Waals surface area contributed by atoms with Gasteiger partial charge in [0, 0.05) is 13.2 Å². The molecule has 0 spiro atoms. The van der Waals surface area contributed by atoms with Crippen molar-refractivity contribution >= 4 is 0 Å². The van der Waals surface area contributed by atoms with Gasteiger partial charge in [0.05, 0.1) is 6.10 Å². The van der Waals surface area contributed by atoms with Crippen LogP contribution in [-0.2, 0) is 11.2 Å². The van der Waals surface area contributed by atoms with Crippen molar-refractivity contribution in [3.63, 3.8) is 0 Å². The van der Waals surface area contributed by atoms with Crippen molar-refractivity contribution in [3.8, 4) is 0 Å². The van der Waals surface area contributed by atoms with Crippen molar-refractivity contribution in [2.45, 2.75) is 38.8 Å². The minimum atomic E-state index is -0.799. The van der Waals surface area contributed by atoms with Crippen molar-refractivity contribution in [1.29, 1.82) is 0 Å². The molecule has 0 fully saturated rings. The summed E-state index contributed by atoms with van der Waals surface area (Å²) in [5.74, 6) is -1.56. The fourth-order valence-corrected chi connectivity index (χ4v) is 1.84.